The molecule has 2 aliphatic heterocycles. The van der Waals surface area contributed by atoms with Gasteiger partial charge in [-0.2, -0.15) is 5.26 Å². The summed E-state index contributed by atoms with van der Waals surface area (Å²) in [5, 5.41) is 9.12. The molecule has 2 aromatic rings. The van der Waals surface area contributed by atoms with E-state index in [9.17, 15) is 9.59 Å². The van der Waals surface area contributed by atoms with E-state index in [-0.39, 0.29) is 24.6 Å². The molecule has 0 radical (unpaired) electrons. The fourth-order valence-electron chi connectivity index (χ4n) is 3.42. The van der Waals surface area contributed by atoms with Gasteiger partial charge in [0.25, 0.3) is 5.91 Å². The van der Waals surface area contributed by atoms with E-state index in [0.29, 0.717) is 0 Å². The van der Waals surface area contributed by atoms with Crippen LogP contribution in [0.2, 0.25) is 0 Å². The highest BCUT2D eigenvalue weighted by atomic mass is 32.2. The molecular weight excluding hydrogens is 434 g/mol. The molecule has 0 atom stereocenters. The third-order valence-electron chi connectivity index (χ3n) is 4.97. The number of hydrogen-bond donors (Lipinski definition) is 0. The Morgan fingerprint density at radius 3 is 2.21 bits per heavy atom. The van der Waals surface area contributed by atoms with Crippen molar-refractivity contribution >= 4 is 35.0 Å². The lowest BCUT2D eigenvalue weighted by Gasteiger charge is -2.32. The number of carbonyl (C=O) groups excluding carboxylic acids is 2. The summed E-state index contributed by atoms with van der Waals surface area (Å²) in [5.41, 5.74) is 2.49. The molecule has 0 aromatic heterocycles. The van der Waals surface area contributed by atoms with E-state index >= 15 is 0 Å². The number of hydrogen-bond acceptors (Lipinski definition) is 6. The summed E-state index contributed by atoms with van der Waals surface area (Å²) < 4.78 is 4.86. The van der Waals surface area contributed by atoms with Crippen LogP contribution in [0.4, 0.5) is 11.4 Å². The Kier molecular flexibility index (Phi) is 6.77. The summed E-state index contributed by atoms with van der Waals surface area (Å²) in [6.45, 7) is 2.06. The number of benzene rings is 2. The first-order chi connectivity index (χ1) is 16.1. The van der Waals surface area contributed by atoms with E-state index in [1.54, 1.807) is 47.0 Å². The second-order valence-corrected chi connectivity index (χ2v) is 8.23. The smallest absolute Gasteiger partial charge is 0.348 e. The Morgan fingerprint density at radius 2 is 1.64 bits per heavy atom. The van der Waals surface area contributed by atoms with Crippen LogP contribution >= 0.6 is 11.8 Å². The molecule has 0 aliphatic carbocycles. The maximum Gasteiger partial charge on any atom is 0.348 e. The number of ether oxygens (including phenoxy) is 1. The Bertz CT molecular complexity index is 1190. The van der Waals surface area contributed by atoms with Gasteiger partial charge in [0, 0.05) is 22.2 Å². The highest BCUT2D eigenvalue weighted by molar-refractivity contribution is 7.99. The maximum atomic E-state index is 13.4. The Balaban J connectivity index is 1.49. The zero-order valence-corrected chi connectivity index (χ0v) is 18.8. The van der Waals surface area contributed by atoms with Crippen molar-refractivity contribution in [2.24, 2.45) is 0 Å². The Morgan fingerprint density at radius 1 is 1.03 bits per heavy atom. The van der Waals surface area contributed by atoms with Gasteiger partial charge in [-0.1, -0.05) is 42.1 Å². The van der Waals surface area contributed by atoms with Crippen molar-refractivity contribution in [3.63, 3.8) is 0 Å². The van der Waals surface area contributed by atoms with Crippen LogP contribution in [0, 0.1) is 11.3 Å². The second kappa shape index (κ2) is 10.1. The third-order valence-corrected chi connectivity index (χ3v) is 6.10. The van der Waals surface area contributed by atoms with Gasteiger partial charge < -0.3 is 9.64 Å². The van der Waals surface area contributed by atoms with Gasteiger partial charge >= 0.3 is 5.97 Å². The van der Waals surface area contributed by atoms with E-state index in [2.05, 4.69) is 0 Å². The molecule has 164 valence electrons. The van der Waals surface area contributed by atoms with Gasteiger partial charge in [0.15, 0.2) is 0 Å². The summed E-state index contributed by atoms with van der Waals surface area (Å²) in [6.07, 6.45) is 10.3. The van der Waals surface area contributed by atoms with Crippen LogP contribution in [0.1, 0.15) is 6.92 Å². The number of allylic oxidation sites excluding steroid dienone is 5. The molecule has 0 bridgehead atoms. The maximum absolute atomic E-state index is 13.4. The van der Waals surface area contributed by atoms with E-state index in [1.165, 1.54) is 6.08 Å². The van der Waals surface area contributed by atoms with Crippen LogP contribution in [-0.4, -0.2) is 29.9 Å². The molecule has 2 aliphatic rings. The van der Waals surface area contributed by atoms with Crippen molar-refractivity contribution in [1.29, 1.82) is 5.26 Å². The number of para-hydroxylation sites is 2. The van der Waals surface area contributed by atoms with Gasteiger partial charge in [0.2, 0.25) is 0 Å². The summed E-state index contributed by atoms with van der Waals surface area (Å²) >= 11 is 1.66. The largest absolute Gasteiger partial charge is 0.462 e. The van der Waals surface area contributed by atoms with Gasteiger partial charge in [-0.3, -0.25) is 9.69 Å². The van der Waals surface area contributed by atoms with Crippen molar-refractivity contribution in [1.82, 2.24) is 4.90 Å². The highest BCUT2D eigenvalue weighted by Gasteiger charge is 2.28. The number of rotatable bonds is 5. The summed E-state index contributed by atoms with van der Waals surface area (Å²) in [5.74, 6) is -0.695. The molecule has 0 fully saturated rings. The van der Waals surface area contributed by atoms with E-state index < -0.39 is 5.97 Å². The lowest BCUT2D eigenvalue weighted by atomic mass is 10.1. The van der Waals surface area contributed by atoms with Crippen molar-refractivity contribution in [2.45, 2.75) is 16.7 Å². The third kappa shape index (κ3) is 4.92. The minimum atomic E-state index is -0.645. The summed E-state index contributed by atoms with van der Waals surface area (Å²) in [6, 6.07) is 17.6. The quantitative estimate of drug-likeness (QED) is 0.355. The molecule has 7 heteroatoms. The first-order valence-corrected chi connectivity index (χ1v) is 11.2. The molecule has 2 heterocycles. The number of carbonyl (C=O) groups is 2. The predicted octanol–water partition coefficient (Wildman–Crippen LogP) is 5.10. The SMILES string of the molecule is CCOC(=O)/C(C#N)=C/C=C1C=CN(CC(=O)N2c3ccccc3Sc3ccccc32)C=C1. The molecule has 0 saturated heterocycles. The standard InChI is InChI=1S/C26H21N3O3S/c1-2-32-26(31)20(17-27)12-11-19-13-15-28(16-14-19)18-25(30)29-21-7-3-5-9-23(21)33-24-10-6-4-8-22(24)29/h3-16H,2,18H2,1H3/b20-12+. The summed E-state index contributed by atoms with van der Waals surface area (Å²) in [7, 11) is 0. The van der Waals surface area contributed by atoms with Crippen LogP contribution in [0.3, 0.4) is 0 Å². The molecule has 1 amide bonds. The minimum Gasteiger partial charge on any atom is -0.462 e. The Labute approximate surface area is 196 Å². The Hall–Kier alpha value is -4.02. The second-order valence-electron chi connectivity index (χ2n) is 7.15. The molecular formula is C26H21N3O3S. The average Bonchev–Trinajstić information content (AvgIpc) is 2.84. The number of esters is 1. The summed E-state index contributed by atoms with van der Waals surface area (Å²) in [4.78, 5) is 30.7. The van der Waals surface area contributed by atoms with E-state index in [0.717, 1.165) is 26.7 Å². The van der Waals surface area contributed by atoms with E-state index in [4.69, 9.17) is 10.00 Å². The molecule has 0 spiro atoms. The average molecular weight is 456 g/mol. The number of amides is 1. The molecule has 0 unspecified atom stereocenters. The fraction of sp³-hybridized carbons (Fsp3) is 0.115. The van der Waals surface area contributed by atoms with Crippen molar-refractivity contribution in [3.05, 3.63) is 96.4 Å². The lowest BCUT2D eigenvalue weighted by Crippen LogP contribution is -2.35. The molecule has 0 N–H and O–H groups in total. The lowest BCUT2D eigenvalue weighted by molar-refractivity contribution is -0.138. The number of anilines is 2. The minimum absolute atomic E-state index is 0.0501. The first kappa shape index (κ1) is 22.2. The first-order valence-electron chi connectivity index (χ1n) is 10.4. The van der Waals surface area contributed by atoms with Gasteiger partial charge in [0.1, 0.15) is 18.2 Å². The van der Waals surface area contributed by atoms with Crippen molar-refractivity contribution in [3.8, 4) is 6.07 Å². The zero-order valence-electron chi connectivity index (χ0n) is 18.0. The van der Waals surface area contributed by atoms with Gasteiger partial charge in [0.05, 0.1) is 18.0 Å². The van der Waals surface area contributed by atoms with Crippen molar-refractivity contribution in [2.75, 3.05) is 18.1 Å². The normalized spacial score (nSPS) is 14.3. The molecule has 2 aromatic carbocycles. The number of fused-ring (bicyclic) bond motifs is 2. The van der Waals surface area contributed by atoms with Crippen LogP contribution in [0.5, 0.6) is 0 Å². The number of nitrogens with zero attached hydrogens (tertiary/aromatic N) is 3. The van der Waals surface area contributed by atoms with Crippen molar-refractivity contribution < 1.29 is 14.3 Å². The number of nitriles is 1. The van der Waals surface area contributed by atoms with Gasteiger partial charge in [-0.15, -0.1) is 0 Å². The highest BCUT2D eigenvalue weighted by Crippen LogP contribution is 2.47. The molecule has 4 rings (SSSR count). The predicted molar refractivity (Wildman–Crippen MR) is 128 cm³/mol. The van der Waals surface area contributed by atoms with Crippen LogP contribution in [0.25, 0.3) is 0 Å². The van der Waals surface area contributed by atoms with Gasteiger partial charge in [-0.05, 0) is 55.0 Å². The zero-order chi connectivity index (χ0) is 23.2. The molecule has 33 heavy (non-hydrogen) atoms. The topological polar surface area (TPSA) is 73.6 Å². The van der Waals surface area contributed by atoms with Crippen LogP contribution in [0.15, 0.2) is 106 Å². The monoisotopic (exact) mass is 455 g/mol. The molecule has 0 saturated carbocycles. The fourth-order valence-corrected chi connectivity index (χ4v) is 4.48. The van der Waals surface area contributed by atoms with Gasteiger partial charge in [-0.25, -0.2) is 4.79 Å². The van der Waals surface area contributed by atoms with Crippen LogP contribution in [-0.2, 0) is 14.3 Å². The van der Waals surface area contributed by atoms with E-state index in [1.807, 2.05) is 66.8 Å². The van der Waals surface area contributed by atoms with Crippen LogP contribution < -0.4 is 4.90 Å². The molecule has 6 nitrogen and oxygen atoms in total.